The molecule has 1 nitrogen and oxygen atoms in total. The van der Waals surface area contributed by atoms with E-state index in [0.717, 1.165) is 0 Å². The summed E-state index contributed by atoms with van der Waals surface area (Å²) < 4.78 is 26.8. The number of nitrogens with two attached hydrogens (primary N) is 1. The second kappa shape index (κ2) is 4.66. The van der Waals surface area contributed by atoms with Gasteiger partial charge in [-0.3, -0.25) is 0 Å². The first kappa shape index (κ1) is 12.0. The number of benzene rings is 1. The molecule has 0 radical (unpaired) electrons. The summed E-state index contributed by atoms with van der Waals surface area (Å²) in [7, 11) is 0. The monoisotopic (exact) mass is 229 g/mol. The van der Waals surface area contributed by atoms with Crippen LogP contribution < -0.4 is 5.73 Å². The summed E-state index contributed by atoms with van der Waals surface area (Å²) in [6, 6.07) is 3.81. The van der Waals surface area contributed by atoms with Crippen molar-refractivity contribution in [3.8, 4) is 0 Å². The molecule has 0 aliphatic rings. The predicted octanol–water partition coefficient (Wildman–Crippen LogP) is 2.99. The van der Waals surface area contributed by atoms with E-state index >= 15 is 0 Å². The summed E-state index contributed by atoms with van der Waals surface area (Å²) in [6.07, 6.45) is 0. The molecule has 2 unspecified atom stereocenters. The Balaban J connectivity index is 3.10. The maximum Gasteiger partial charge on any atom is 0.129 e. The largest absolute Gasteiger partial charge is 0.393 e. The van der Waals surface area contributed by atoms with E-state index in [1.807, 2.05) is 0 Å². The summed E-state index contributed by atoms with van der Waals surface area (Å²) in [5.74, 6) is -1.69. The summed E-state index contributed by atoms with van der Waals surface area (Å²) in [4.78, 5) is 0.269. The highest BCUT2D eigenvalue weighted by Crippen LogP contribution is 2.28. The van der Waals surface area contributed by atoms with Gasteiger partial charge in [-0.2, -0.15) is 0 Å². The van der Waals surface area contributed by atoms with Crippen molar-refractivity contribution in [2.45, 2.75) is 19.8 Å². The van der Waals surface area contributed by atoms with Crippen molar-refractivity contribution in [3.05, 3.63) is 35.4 Å². The van der Waals surface area contributed by atoms with E-state index in [4.69, 9.17) is 18.0 Å². The standard InChI is InChI=1S/C11H13F2NS/c1-6(7(2)11(14)15)10-8(12)4-3-5-9(10)13/h3-7H,1-2H3,(H2,14,15). The van der Waals surface area contributed by atoms with Crippen LogP contribution in [0.5, 0.6) is 0 Å². The van der Waals surface area contributed by atoms with Crippen LogP contribution in [0, 0.1) is 17.6 Å². The van der Waals surface area contributed by atoms with Crippen LogP contribution in [0.4, 0.5) is 8.78 Å². The van der Waals surface area contributed by atoms with Crippen molar-refractivity contribution in [1.29, 1.82) is 0 Å². The van der Waals surface area contributed by atoms with Gasteiger partial charge < -0.3 is 5.73 Å². The summed E-state index contributed by atoms with van der Waals surface area (Å²) in [6.45, 7) is 3.48. The molecule has 0 aliphatic heterocycles. The Hall–Kier alpha value is -1.03. The summed E-state index contributed by atoms with van der Waals surface area (Å²) in [5.41, 5.74) is 5.51. The van der Waals surface area contributed by atoms with E-state index in [9.17, 15) is 8.78 Å². The molecule has 0 aromatic heterocycles. The number of thiocarbonyl (C=S) groups is 1. The van der Waals surface area contributed by atoms with E-state index in [1.165, 1.54) is 18.2 Å². The second-order valence-electron chi connectivity index (χ2n) is 3.62. The minimum Gasteiger partial charge on any atom is -0.393 e. The SMILES string of the molecule is CC(C(N)=S)C(C)c1c(F)cccc1F. The molecule has 15 heavy (non-hydrogen) atoms. The fraction of sp³-hybridized carbons (Fsp3) is 0.364. The molecule has 82 valence electrons. The third kappa shape index (κ3) is 2.50. The van der Waals surface area contributed by atoms with Gasteiger partial charge in [-0.1, -0.05) is 32.1 Å². The first-order valence-electron chi connectivity index (χ1n) is 4.68. The van der Waals surface area contributed by atoms with Gasteiger partial charge in [0.25, 0.3) is 0 Å². The van der Waals surface area contributed by atoms with E-state index in [0.29, 0.717) is 0 Å². The fourth-order valence-electron chi connectivity index (χ4n) is 1.44. The van der Waals surface area contributed by atoms with Gasteiger partial charge in [0.05, 0.1) is 4.99 Å². The first-order chi connectivity index (χ1) is 6.95. The zero-order valence-corrected chi connectivity index (χ0v) is 9.44. The van der Waals surface area contributed by atoms with Crippen molar-refractivity contribution < 1.29 is 8.78 Å². The Kier molecular flexibility index (Phi) is 3.74. The van der Waals surface area contributed by atoms with Crippen LogP contribution in [0.15, 0.2) is 18.2 Å². The summed E-state index contributed by atoms with van der Waals surface area (Å²) >= 11 is 4.81. The van der Waals surface area contributed by atoms with Crippen LogP contribution in [-0.2, 0) is 0 Å². The molecular formula is C11H13F2NS. The lowest BCUT2D eigenvalue weighted by Crippen LogP contribution is -2.24. The molecular weight excluding hydrogens is 216 g/mol. The van der Waals surface area contributed by atoms with Crippen LogP contribution >= 0.6 is 12.2 Å². The van der Waals surface area contributed by atoms with Crippen LogP contribution in [0.25, 0.3) is 0 Å². The second-order valence-corrected chi connectivity index (χ2v) is 4.09. The van der Waals surface area contributed by atoms with E-state index < -0.39 is 11.6 Å². The van der Waals surface area contributed by atoms with Crippen molar-refractivity contribution in [2.75, 3.05) is 0 Å². The highest BCUT2D eigenvalue weighted by atomic mass is 32.1. The molecule has 0 aliphatic carbocycles. The average molecular weight is 229 g/mol. The molecule has 2 N–H and O–H groups in total. The lowest BCUT2D eigenvalue weighted by Gasteiger charge is -2.20. The first-order valence-corrected chi connectivity index (χ1v) is 5.09. The van der Waals surface area contributed by atoms with Crippen molar-refractivity contribution in [3.63, 3.8) is 0 Å². The molecule has 2 atom stereocenters. The molecule has 1 aromatic carbocycles. The van der Waals surface area contributed by atoms with Gasteiger partial charge in [-0.15, -0.1) is 0 Å². The predicted molar refractivity (Wildman–Crippen MR) is 60.7 cm³/mol. The number of halogens is 2. The normalized spacial score (nSPS) is 14.7. The third-order valence-electron chi connectivity index (χ3n) is 2.65. The van der Waals surface area contributed by atoms with Gasteiger partial charge in [0.2, 0.25) is 0 Å². The molecule has 1 rings (SSSR count). The quantitative estimate of drug-likeness (QED) is 0.806. The van der Waals surface area contributed by atoms with Crippen LogP contribution in [0.3, 0.4) is 0 Å². The molecule has 0 saturated carbocycles. The van der Waals surface area contributed by atoms with Crippen molar-refractivity contribution >= 4 is 17.2 Å². The topological polar surface area (TPSA) is 26.0 Å². The van der Waals surface area contributed by atoms with Crippen molar-refractivity contribution in [1.82, 2.24) is 0 Å². The fourth-order valence-corrected chi connectivity index (χ4v) is 1.65. The number of hydrogen-bond acceptors (Lipinski definition) is 1. The molecule has 0 spiro atoms. The number of hydrogen-bond donors (Lipinski definition) is 1. The maximum atomic E-state index is 13.4. The van der Waals surface area contributed by atoms with Gasteiger partial charge in [0.15, 0.2) is 0 Å². The van der Waals surface area contributed by atoms with Crippen molar-refractivity contribution in [2.24, 2.45) is 11.7 Å². The average Bonchev–Trinajstić information content (AvgIpc) is 2.15. The van der Waals surface area contributed by atoms with E-state index in [-0.39, 0.29) is 22.4 Å². The van der Waals surface area contributed by atoms with Gasteiger partial charge in [0, 0.05) is 11.5 Å². The molecule has 1 aromatic rings. The Morgan fingerprint density at radius 3 is 2.13 bits per heavy atom. The van der Waals surface area contributed by atoms with Gasteiger partial charge in [-0.25, -0.2) is 8.78 Å². The molecule has 4 heteroatoms. The number of rotatable bonds is 3. The van der Waals surface area contributed by atoms with Crippen LogP contribution in [-0.4, -0.2) is 4.99 Å². The lowest BCUT2D eigenvalue weighted by molar-refractivity contribution is 0.504. The Labute approximate surface area is 93.3 Å². The van der Waals surface area contributed by atoms with Gasteiger partial charge >= 0.3 is 0 Å². The smallest absolute Gasteiger partial charge is 0.129 e. The van der Waals surface area contributed by atoms with Crippen LogP contribution in [0.1, 0.15) is 25.3 Å². The van der Waals surface area contributed by atoms with Gasteiger partial charge in [0.1, 0.15) is 11.6 Å². The lowest BCUT2D eigenvalue weighted by atomic mass is 9.88. The molecule has 0 amide bonds. The van der Waals surface area contributed by atoms with Gasteiger partial charge in [-0.05, 0) is 18.1 Å². The minimum atomic E-state index is -0.550. The highest BCUT2D eigenvalue weighted by Gasteiger charge is 2.22. The zero-order valence-electron chi connectivity index (χ0n) is 8.63. The Bertz CT molecular complexity index is 359. The molecule has 0 fully saturated rings. The zero-order chi connectivity index (χ0) is 11.6. The van der Waals surface area contributed by atoms with E-state index in [2.05, 4.69) is 0 Å². The molecule has 0 bridgehead atoms. The Morgan fingerprint density at radius 2 is 1.73 bits per heavy atom. The van der Waals surface area contributed by atoms with Crippen LogP contribution in [0.2, 0.25) is 0 Å². The molecule has 0 heterocycles. The summed E-state index contributed by atoms with van der Waals surface area (Å²) in [5, 5.41) is 0. The van der Waals surface area contributed by atoms with E-state index in [1.54, 1.807) is 13.8 Å². The Morgan fingerprint density at radius 1 is 1.27 bits per heavy atom. The molecule has 0 saturated heterocycles. The minimum absolute atomic E-state index is 0.0535. The highest BCUT2D eigenvalue weighted by molar-refractivity contribution is 7.80. The maximum absolute atomic E-state index is 13.4. The third-order valence-corrected chi connectivity index (χ3v) is 3.03.